The van der Waals surface area contributed by atoms with Crippen LogP contribution in [0.5, 0.6) is 11.5 Å². The van der Waals surface area contributed by atoms with Crippen LogP contribution in [0.3, 0.4) is 0 Å². The molecule has 0 spiro atoms. The van der Waals surface area contributed by atoms with Gasteiger partial charge in [-0.05, 0) is 49.1 Å². The zero-order valence-corrected chi connectivity index (χ0v) is 19.7. The number of carbonyl (C=O) groups is 1. The van der Waals surface area contributed by atoms with Gasteiger partial charge in [-0.1, -0.05) is 23.5 Å². The fraction of sp³-hybridized carbons (Fsp3) is 0.261. The van der Waals surface area contributed by atoms with Crippen LogP contribution in [0.4, 0.5) is 0 Å². The maximum absolute atomic E-state index is 13.5. The van der Waals surface area contributed by atoms with Crippen LogP contribution in [0, 0.1) is 0 Å². The first kappa shape index (κ1) is 22.0. The van der Waals surface area contributed by atoms with Crippen LogP contribution in [0.1, 0.15) is 30.3 Å². The van der Waals surface area contributed by atoms with Crippen molar-refractivity contribution in [1.82, 2.24) is 4.57 Å². The average molecular weight is 471 g/mol. The Hall–Kier alpha value is -3.17. The SMILES string of the molecule is CCOC(=O)C1=C(C)N=c2s/c(=C\c3cccs3)c(=O)n2C1c1ccc(OC)c(OC)c1. The van der Waals surface area contributed by atoms with E-state index in [4.69, 9.17) is 14.2 Å². The number of carbonyl (C=O) groups excluding carboxylic acids is 1. The summed E-state index contributed by atoms with van der Waals surface area (Å²) in [4.78, 5) is 32.5. The number of thiophene rings is 1. The number of aromatic nitrogens is 1. The van der Waals surface area contributed by atoms with Crippen LogP contribution in [-0.2, 0) is 9.53 Å². The van der Waals surface area contributed by atoms with E-state index in [2.05, 4.69) is 4.99 Å². The summed E-state index contributed by atoms with van der Waals surface area (Å²) in [5, 5.41) is 1.96. The number of nitrogens with zero attached hydrogens (tertiary/aromatic N) is 2. The third-order valence-corrected chi connectivity index (χ3v) is 6.86. The second-order valence-corrected chi connectivity index (χ2v) is 8.92. The highest BCUT2D eigenvalue weighted by molar-refractivity contribution is 7.11. The van der Waals surface area contributed by atoms with E-state index in [0.29, 0.717) is 37.7 Å². The summed E-state index contributed by atoms with van der Waals surface area (Å²) in [6.45, 7) is 3.73. The van der Waals surface area contributed by atoms with E-state index in [-0.39, 0.29) is 12.2 Å². The van der Waals surface area contributed by atoms with Crippen LogP contribution in [0.2, 0.25) is 0 Å². The molecule has 9 heteroatoms. The Morgan fingerprint density at radius 1 is 1.22 bits per heavy atom. The van der Waals surface area contributed by atoms with E-state index in [1.807, 2.05) is 29.7 Å². The Morgan fingerprint density at radius 3 is 2.66 bits per heavy atom. The van der Waals surface area contributed by atoms with Gasteiger partial charge in [-0.2, -0.15) is 0 Å². The van der Waals surface area contributed by atoms with Gasteiger partial charge in [0.2, 0.25) is 0 Å². The number of fused-ring (bicyclic) bond motifs is 1. The molecule has 0 N–H and O–H groups in total. The molecule has 166 valence electrons. The van der Waals surface area contributed by atoms with Crippen LogP contribution >= 0.6 is 22.7 Å². The minimum Gasteiger partial charge on any atom is -0.493 e. The van der Waals surface area contributed by atoms with E-state index >= 15 is 0 Å². The van der Waals surface area contributed by atoms with Crippen molar-refractivity contribution < 1.29 is 19.0 Å². The molecular formula is C23H22N2O5S2. The van der Waals surface area contributed by atoms with E-state index in [9.17, 15) is 9.59 Å². The third-order valence-electron chi connectivity index (χ3n) is 5.06. The second kappa shape index (κ2) is 9.13. The molecule has 0 saturated carbocycles. The summed E-state index contributed by atoms with van der Waals surface area (Å²) >= 11 is 2.85. The van der Waals surface area contributed by atoms with Gasteiger partial charge in [0.1, 0.15) is 0 Å². The van der Waals surface area contributed by atoms with Crippen LogP contribution in [-0.4, -0.2) is 31.4 Å². The first-order valence-corrected chi connectivity index (χ1v) is 11.6. The predicted octanol–water partition coefficient (Wildman–Crippen LogP) is 2.88. The number of allylic oxidation sites excluding steroid dienone is 1. The fourth-order valence-corrected chi connectivity index (χ4v) is 5.40. The molecule has 1 aliphatic heterocycles. The molecule has 1 unspecified atom stereocenters. The molecule has 3 aromatic rings. The molecule has 4 rings (SSSR count). The minimum absolute atomic E-state index is 0.212. The van der Waals surface area contributed by atoms with Gasteiger partial charge in [0.15, 0.2) is 16.3 Å². The summed E-state index contributed by atoms with van der Waals surface area (Å²) in [7, 11) is 3.10. The molecule has 1 atom stereocenters. The molecule has 7 nitrogen and oxygen atoms in total. The van der Waals surface area contributed by atoms with E-state index in [1.165, 1.54) is 11.3 Å². The Morgan fingerprint density at radius 2 is 2.00 bits per heavy atom. The van der Waals surface area contributed by atoms with Gasteiger partial charge in [-0.25, -0.2) is 9.79 Å². The summed E-state index contributed by atoms with van der Waals surface area (Å²) in [6, 6.07) is 8.54. The normalized spacial score (nSPS) is 15.9. The lowest BCUT2D eigenvalue weighted by Crippen LogP contribution is -2.39. The average Bonchev–Trinajstić information content (AvgIpc) is 3.40. The monoisotopic (exact) mass is 470 g/mol. The van der Waals surface area contributed by atoms with Gasteiger partial charge < -0.3 is 14.2 Å². The number of hydrogen-bond acceptors (Lipinski definition) is 8. The Labute approximate surface area is 192 Å². The molecule has 2 aromatic heterocycles. The van der Waals surface area contributed by atoms with Gasteiger partial charge in [0.25, 0.3) is 5.56 Å². The lowest BCUT2D eigenvalue weighted by Gasteiger charge is -2.25. The number of ether oxygens (including phenoxy) is 3. The second-order valence-electron chi connectivity index (χ2n) is 6.93. The molecule has 32 heavy (non-hydrogen) atoms. The molecule has 1 aromatic carbocycles. The van der Waals surface area contributed by atoms with Crippen molar-refractivity contribution in [3.63, 3.8) is 0 Å². The summed E-state index contributed by atoms with van der Waals surface area (Å²) in [5.74, 6) is 0.560. The van der Waals surface area contributed by atoms with E-state index in [0.717, 1.165) is 4.88 Å². The zero-order chi connectivity index (χ0) is 22.8. The molecule has 3 heterocycles. The topological polar surface area (TPSA) is 79.1 Å². The van der Waals surface area contributed by atoms with Gasteiger partial charge in [-0.3, -0.25) is 9.36 Å². The van der Waals surface area contributed by atoms with Crippen molar-refractivity contribution in [2.24, 2.45) is 4.99 Å². The van der Waals surface area contributed by atoms with E-state index < -0.39 is 12.0 Å². The molecule has 0 fully saturated rings. The molecular weight excluding hydrogens is 448 g/mol. The zero-order valence-electron chi connectivity index (χ0n) is 18.1. The molecule has 0 aliphatic carbocycles. The number of rotatable bonds is 6. The quantitative estimate of drug-likeness (QED) is 0.518. The summed E-state index contributed by atoms with van der Waals surface area (Å²) in [6.07, 6.45) is 1.85. The molecule has 0 radical (unpaired) electrons. The maximum Gasteiger partial charge on any atom is 0.338 e. The van der Waals surface area contributed by atoms with Crippen molar-refractivity contribution in [3.05, 3.63) is 77.1 Å². The first-order valence-electron chi connectivity index (χ1n) is 9.93. The molecule has 0 bridgehead atoms. The molecule has 0 saturated heterocycles. The van der Waals surface area contributed by atoms with E-state index in [1.54, 1.807) is 56.1 Å². The van der Waals surface area contributed by atoms with Gasteiger partial charge in [-0.15, -0.1) is 11.3 Å². The van der Waals surface area contributed by atoms with Gasteiger partial charge in [0.05, 0.1) is 42.7 Å². The van der Waals surface area contributed by atoms with Crippen molar-refractivity contribution in [1.29, 1.82) is 0 Å². The molecule has 1 aliphatic rings. The number of benzene rings is 1. The largest absolute Gasteiger partial charge is 0.493 e. The lowest BCUT2D eigenvalue weighted by atomic mass is 9.95. The van der Waals surface area contributed by atoms with Crippen molar-refractivity contribution in [3.8, 4) is 11.5 Å². The number of thiazole rings is 1. The fourth-order valence-electron chi connectivity index (χ4n) is 3.63. The van der Waals surface area contributed by atoms with Crippen LogP contribution in [0.25, 0.3) is 6.08 Å². The van der Waals surface area contributed by atoms with Crippen LogP contribution < -0.4 is 24.4 Å². The number of methoxy groups -OCH3 is 2. The predicted molar refractivity (Wildman–Crippen MR) is 124 cm³/mol. The standard InChI is InChI=1S/C23H22N2O5S2/c1-5-30-22(27)19-13(2)24-23-25(21(26)18(32-23)12-15-7-6-10-31-15)20(19)14-8-9-16(28-3)17(11-14)29-4/h6-12,20H,5H2,1-4H3/b18-12-. The third kappa shape index (κ3) is 3.89. The van der Waals surface area contributed by atoms with Crippen molar-refractivity contribution in [2.45, 2.75) is 19.9 Å². The smallest absolute Gasteiger partial charge is 0.338 e. The first-order chi connectivity index (χ1) is 15.5. The highest BCUT2D eigenvalue weighted by Crippen LogP contribution is 2.36. The van der Waals surface area contributed by atoms with Gasteiger partial charge >= 0.3 is 5.97 Å². The van der Waals surface area contributed by atoms with Crippen LogP contribution in [0.15, 0.2) is 56.8 Å². The lowest BCUT2D eigenvalue weighted by molar-refractivity contribution is -0.139. The summed E-state index contributed by atoms with van der Waals surface area (Å²) in [5.41, 5.74) is 1.33. The highest BCUT2D eigenvalue weighted by Gasteiger charge is 2.33. The minimum atomic E-state index is -0.699. The van der Waals surface area contributed by atoms with Crippen molar-refractivity contribution in [2.75, 3.05) is 20.8 Å². The summed E-state index contributed by atoms with van der Waals surface area (Å²) < 4.78 is 18.2. The Balaban J connectivity index is 1.98. The maximum atomic E-state index is 13.5. The van der Waals surface area contributed by atoms with Gasteiger partial charge in [0, 0.05) is 4.88 Å². The number of esters is 1. The Kier molecular flexibility index (Phi) is 6.29. The highest BCUT2D eigenvalue weighted by atomic mass is 32.1. The molecule has 0 amide bonds. The van der Waals surface area contributed by atoms with Crippen molar-refractivity contribution >= 4 is 34.7 Å². The number of hydrogen-bond donors (Lipinski definition) is 0. The Bertz CT molecular complexity index is 1370.